The largest absolute Gasteiger partial charge is 0.294 e. The molecule has 0 saturated carbocycles. The summed E-state index contributed by atoms with van der Waals surface area (Å²) in [4.78, 5) is 11.1. The van der Waals surface area contributed by atoms with E-state index in [1.807, 2.05) is 12.1 Å². The van der Waals surface area contributed by atoms with Gasteiger partial charge in [0.25, 0.3) is 0 Å². The Bertz CT molecular complexity index is 336. The van der Waals surface area contributed by atoms with Gasteiger partial charge in [0, 0.05) is 18.1 Å². The first kappa shape index (κ1) is 10.7. The number of benzene rings is 1. The molecule has 0 bridgehead atoms. The zero-order valence-corrected chi connectivity index (χ0v) is 11.5. The Hall–Kier alpha value is 0.580. The Morgan fingerprint density at radius 1 is 1.42 bits per heavy atom. The van der Waals surface area contributed by atoms with Gasteiger partial charge in [-0.15, -0.1) is 0 Å². The van der Waals surface area contributed by atoms with Gasteiger partial charge in [0.15, 0.2) is 5.78 Å². The molecule has 0 aliphatic carbocycles. The molecule has 1 nitrogen and oxygen atoms in total. The van der Waals surface area contributed by atoms with E-state index in [9.17, 15) is 4.79 Å². The lowest BCUT2D eigenvalue weighted by atomic mass is 10.2. The Morgan fingerprint density at radius 3 is 2.50 bits per heavy atom. The summed E-state index contributed by atoms with van der Waals surface area (Å²) in [6.07, 6.45) is 0. The summed E-state index contributed by atoms with van der Waals surface area (Å²) in [7, 11) is 0. The van der Waals surface area contributed by atoms with Crippen molar-refractivity contribution in [2.24, 2.45) is 0 Å². The number of hydrogen-bond acceptors (Lipinski definition) is 1. The lowest BCUT2D eigenvalue weighted by Gasteiger charge is -2.03. The SMILES string of the molecule is CC(=O)c1cc(Br)cc(Br)c1I. The van der Waals surface area contributed by atoms with Crippen molar-refractivity contribution in [3.05, 3.63) is 30.2 Å². The Labute approximate surface area is 101 Å². The van der Waals surface area contributed by atoms with Crippen LogP contribution in [0.15, 0.2) is 21.1 Å². The summed E-state index contributed by atoms with van der Waals surface area (Å²) in [6, 6.07) is 3.75. The standard InChI is InChI=1S/C8H5Br2IO/c1-4(12)6-2-5(9)3-7(10)8(6)11/h2-3H,1H3. The van der Waals surface area contributed by atoms with E-state index in [1.54, 1.807) is 6.92 Å². The van der Waals surface area contributed by atoms with Crippen LogP contribution in [0.25, 0.3) is 0 Å². The topological polar surface area (TPSA) is 17.1 Å². The fourth-order valence-corrected chi connectivity index (χ4v) is 2.73. The summed E-state index contributed by atoms with van der Waals surface area (Å²) in [5, 5.41) is 0. The van der Waals surface area contributed by atoms with E-state index in [2.05, 4.69) is 54.5 Å². The summed E-state index contributed by atoms with van der Waals surface area (Å²) in [5.41, 5.74) is 0.747. The lowest BCUT2D eigenvalue weighted by molar-refractivity contribution is 0.101. The maximum atomic E-state index is 11.1. The van der Waals surface area contributed by atoms with Crippen LogP contribution in [0.3, 0.4) is 0 Å². The van der Waals surface area contributed by atoms with Gasteiger partial charge in [-0.25, -0.2) is 0 Å². The highest BCUT2D eigenvalue weighted by Crippen LogP contribution is 2.27. The van der Waals surface area contributed by atoms with E-state index < -0.39 is 0 Å². The highest BCUT2D eigenvalue weighted by atomic mass is 127. The van der Waals surface area contributed by atoms with Gasteiger partial charge in [-0.1, -0.05) is 15.9 Å². The maximum absolute atomic E-state index is 11.1. The summed E-state index contributed by atoms with van der Waals surface area (Å²) >= 11 is 8.85. The first-order chi connectivity index (χ1) is 5.52. The van der Waals surface area contributed by atoms with Crippen LogP contribution < -0.4 is 0 Å². The Morgan fingerprint density at radius 2 is 2.00 bits per heavy atom. The van der Waals surface area contributed by atoms with Crippen LogP contribution in [0.2, 0.25) is 0 Å². The number of ketones is 1. The Kier molecular flexibility index (Phi) is 3.73. The number of carbonyl (C=O) groups is 1. The quantitative estimate of drug-likeness (QED) is 0.393. The molecule has 12 heavy (non-hydrogen) atoms. The van der Waals surface area contributed by atoms with Crippen molar-refractivity contribution in [3.8, 4) is 0 Å². The molecule has 0 aliphatic heterocycles. The van der Waals surface area contributed by atoms with Crippen molar-refractivity contribution >= 4 is 60.2 Å². The van der Waals surface area contributed by atoms with E-state index >= 15 is 0 Å². The smallest absolute Gasteiger partial charge is 0.160 e. The van der Waals surface area contributed by atoms with Crippen LogP contribution in [-0.2, 0) is 0 Å². The van der Waals surface area contributed by atoms with Crippen LogP contribution in [0.1, 0.15) is 17.3 Å². The molecular formula is C8H5Br2IO. The first-order valence-corrected chi connectivity index (χ1v) is 5.84. The van der Waals surface area contributed by atoms with E-state index in [1.165, 1.54) is 0 Å². The molecular weight excluding hydrogens is 399 g/mol. The van der Waals surface area contributed by atoms with Gasteiger partial charge in [-0.3, -0.25) is 4.79 Å². The van der Waals surface area contributed by atoms with Crippen LogP contribution >= 0.6 is 54.5 Å². The zero-order valence-electron chi connectivity index (χ0n) is 6.20. The third kappa shape index (κ3) is 2.29. The molecule has 0 atom stereocenters. The second-order valence-corrected chi connectivity index (χ2v) is 5.15. The second kappa shape index (κ2) is 4.19. The summed E-state index contributed by atoms with van der Waals surface area (Å²) in [5.74, 6) is 0.0846. The average Bonchev–Trinajstić information content (AvgIpc) is 1.96. The number of halogens is 3. The predicted octanol–water partition coefficient (Wildman–Crippen LogP) is 4.02. The minimum atomic E-state index is 0.0846. The van der Waals surface area contributed by atoms with E-state index in [0.717, 1.165) is 18.1 Å². The molecule has 4 heteroatoms. The molecule has 0 N–H and O–H groups in total. The molecule has 1 aromatic rings. The van der Waals surface area contributed by atoms with E-state index in [0.29, 0.717) is 0 Å². The van der Waals surface area contributed by atoms with Gasteiger partial charge in [-0.05, 0) is 57.6 Å². The van der Waals surface area contributed by atoms with Gasteiger partial charge in [0.1, 0.15) is 0 Å². The van der Waals surface area contributed by atoms with Crippen molar-refractivity contribution in [3.63, 3.8) is 0 Å². The lowest BCUT2D eigenvalue weighted by Crippen LogP contribution is -1.96. The average molecular weight is 404 g/mol. The third-order valence-corrected chi connectivity index (χ3v) is 4.36. The maximum Gasteiger partial charge on any atom is 0.160 e. The minimum absolute atomic E-state index is 0.0846. The van der Waals surface area contributed by atoms with Crippen LogP contribution in [-0.4, -0.2) is 5.78 Å². The van der Waals surface area contributed by atoms with E-state index in [-0.39, 0.29) is 5.78 Å². The van der Waals surface area contributed by atoms with Crippen molar-refractivity contribution in [1.29, 1.82) is 0 Å². The second-order valence-electron chi connectivity index (χ2n) is 2.31. The van der Waals surface area contributed by atoms with Crippen molar-refractivity contribution in [2.45, 2.75) is 6.92 Å². The first-order valence-electron chi connectivity index (χ1n) is 3.18. The van der Waals surface area contributed by atoms with Gasteiger partial charge in [0.05, 0.1) is 0 Å². The van der Waals surface area contributed by atoms with Gasteiger partial charge < -0.3 is 0 Å². The number of rotatable bonds is 1. The fourth-order valence-electron chi connectivity index (χ4n) is 0.812. The number of carbonyl (C=O) groups excluding carboxylic acids is 1. The van der Waals surface area contributed by atoms with Crippen LogP contribution in [0.4, 0.5) is 0 Å². The molecule has 1 rings (SSSR count). The van der Waals surface area contributed by atoms with Gasteiger partial charge in [0.2, 0.25) is 0 Å². The van der Waals surface area contributed by atoms with Crippen molar-refractivity contribution in [1.82, 2.24) is 0 Å². The van der Waals surface area contributed by atoms with Crippen molar-refractivity contribution < 1.29 is 4.79 Å². The highest BCUT2D eigenvalue weighted by Gasteiger charge is 2.08. The highest BCUT2D eigenvalue weighted by molar-refractivity contribution is 14.1. The van der Waals surface area contributed by atoms with Crippen molar-refractivity contribution in [2.75, 3.05) is 0 Å². The molecule has 64 valence electrons. The zero-order chi connectivity index (χ0) is 9.30. The molecule has 0 aromatic heterocycles. The normalized spacial score (nSPS) is 10.0. The number of Topliss-reactive ketones (excluding diaryl/α,β-unsaturated/α-hetero) is 1. The molecule has 0 fully saturated rings. The monoisotopic (exact) mass is 402 g/mol. The van der Waals surface area contributed by atoms with Gasteiger partial charge >= 0.3 is 0 Å². The molecule has 0 unspecified atom stereocenters. The summed E-state index contributed by atoms with van der Waals surface area (Å²) < 4.78 is 2.82. The predicted molar refractivity (Wildman–Crippen MR) is 64.6 cm³/mol. The Balaban J connectivity index is 3.37. The molecule has 1 aromatic carbocycles. The summed E-state index contributed by atoms with van der Waals surface area (Å²) in [6.45, 7) is 1.57. The number of hydrogen-bond donors (Lipinski definition) is 0. The van der Waals surface area contributed by atoms with Gasteiger partial charge in [-0.2, -0.15) is 0 Å². The van der Waals surface area contributed by atoms with E-state index in [4.69, 9.17) is 0 Å². The van der Waals surface area contributed by atoms with Crippen LogP contribution in [0.5, 0.6) is 0 Å². The minimum Gasteiger partial charge on any atom is -0.294 e. The molecule has 0 radical (unpaired) electrons. The third-order valence-electron chi connectivity index (χ3n) is 1.37. The molecule has 0 amide bonds. The molecule has 0 heterocycles. The molecule has 0 saturated heterocycles. The fraction of sp³-hybridized carbons (Fsp3) is 0.125. The molecule has 0 aliphatic rings. The molecule has 0 spiro atoms. The van der Waals surface area contributed by atoms with Crippen LogP contribution in [0, 0.1) is 3.57 Å².